The van der Waals surface area contributed by atoms with Gasteiger partial charge in [-0.3, -0.25) is 14.4 Å². The Kier molecular flexibility index (Phi) is 7.91. The van der Waals surface area contributed by atoms with Crippen molar-refractivity contribution >= 4 is 29.5 Å². The molecule has 0 aliphatic carbocycles. The van der Waals surface area contributed by atoms with Crippen LogP contribution in [-0.4, -0.2) is 74.0 Å². The lowest BCUT2D eigenvalue weighted by molar-refractivity contribution is -0.155. The molecule has 1 aromatic carbocycles. The maximum absolute atomic E-state index is 14.5. The molecule has 3 heterocycles. The molecule has 1 aromatic rings. The zero-order valence-corrected chi connectivity index (χ0v) is 22.8. The predicted octanol–water partition coefficient (Wildman–Crippen LogP) is 3.43. The van der Waals surface area contributed by atoms with E-state index in [-0.39, 0.29) is 30.9 Å². The molecule has 6 atom stereocenters. The highest BCUT2D eigenvalue weighted by atomic mass is 32.2. The molecule has 2 amide bonds. The largest absolute Gasteiger partial charge is 0.461 e. The first-order valence-corrected chi connectivity index (χ1v) is 13.8. The van der Waals surface area contributed by atoms with E-state index in [1.165, 1.54) is 6.08 Å². The third-order valence-electron chi connectivity index (χ3n) is 8.24. The van der Waals surface area contributed by atoms with Gasteiger partial charge in [0.1, 0.15) is 12.6 Å². The molecule has 8 heteroatoms. The van der Waals surface area contributed by atoms with E-state index in [4.69, 9.17) is 4.74 Å². The van der Waals surface area contributed by atoms with Crippen LogP contribution in [0.2, 0.25) is 0 Å². The van der Waals surface area contributed by atoms with Gasteiger partial charge in [-0.15, -0.1) is 18.3 Å². The molecule has 37 heavy (non-hydrogen) atoms. The van der Waals surface area contributed by atoms with Crippen LogP contribution in [0.3, 0.4) is 0 Å². The fraction of sp³-hybridized carbons (Fsp3) is 0.552. The van der Waals surface area contributed by atoms with Gasteiger partial charge in [0.15, 0.2) is 0 Å². The molecule has 1 N–H and O–H groups in total. The number of nitrogens with zero attached hydrogens (tertiary/aromatic N) is 2. The number of ether oxygens (including phenoxy) is 1. The van der Waals surface area contributed by atoms with E-state index < -0.39 is 39.4 Å². The molecular weight excluding hydrogens is 488 g/mol. The molecular formula is C29H38N2O5S. The minimum atomic E-state index is -0.794. The number of hydrogen-bond donors (Lipinski definition) is 1. The molecule has 0 radical (unpaired) electrons. The first-order valence-electron chi connectivity index (χ1n) is 13.0. The van der Waals surface area contributed by atoms with E-state index in [9.17, 15) is 19.5 Å². The minimum Gasteiger partial charge on any atom is -0.461 e. The average molecular weight is 527 g/mol. The van der Waals surface area contributed by atoms with Crippen molar-refractivity contribution in [1.82, 2.24) is 9.80 Å². The van der Waals surface area contributed by atoms with E-state index in [0.717, 1.165) is 5.56 Å². The number of amides is 2. The lowest BCUT2D eigenvalue weighted by Gasteiger charge is -2.40. The second kappa shape index (κ2) is 10.7. The van der Waals surface area contributed by atoms with Crippen LogP contribution in [-0.2, 0) is 25.7 Å². The lowest BCUT2D eigenvalue weighted by Crippen LogP contribution is -2.58. The Bertz CT molecular complexity index is 1060. The summed E-state index contributed by atoms with van der Waals surface area (Å²) in [6, 6.07) is 8.39. The van der Waals surface area contributed by atoms with Crippen LogP contribution in [0, 0.1) is 17.8 Å². The Hall–Kier alpha value is -2.58. The second-order valence-corrected chi connectivity index (χ2v) is 12.8. The number of thioether (sulfide) groups is 1. The third kappa shape index (κ3) is 4.52. The number of rotatable bonds is 11. The first-order chi connectivity index (χ1) is 17.6. The highest BCUT2D eigenvalue weighted by Gasteiger charge is 2.78. The van der Waals surface area contributed by atoms with Crippen molar-refractivity contribution < 1.29 is 24.2 Å². The van der Waals surface area contributed by atoms with Crippen molar-refractivity contribution in [2.75, 3.05) is 19.8 Å². The summed E-state index contributed by atoms with van der Waals surface area (Å²) < 4.78 is 4.21. The van der Waals surface area contributed by atoms with Crippen LogP contribution >= 0.6 is 11.8 Å². The zero-order valence-electron chi connectivity index (χ0n) is 22.0. The molecule has 0 aromatic heterocycles. The van der Waals surface area contributed by atoms with E-state index in [1.54, 1.807) is 27.6 Å². The summed E-state index contributed by atoms with van der Waals surface area (Å²) in [4.78, 5) is 45.4. The van der Waals surface area contributed by atoms with Crippen molar-refractivity contribution in [2.45, 2.75) is 61.7 Å². The number of hydrogen-bond acceptors (Lipinski definition) is 6. The number of aliphatic hydroxyl groups is 1. The van der Waals surface area contributed by atoms with Crippen molar-refractivity contribution in [3.63, 3.8) is 0 Å². The SMILES string of the molecule is C=CCOC(=O)[C@@H]1[C@H]2C(=O)N([C@@H](CO)C(C)C)C(C(=O)N(CC=C)Cc3ccccc3)C23CC[C@@]1(C)S3. The molecule has 1 spiro atoms. The minimum absolute atomic E-state index is 0.0749. The highest BCUT2D eigenvalue weighted by Crippen LogP contribution is 2.72. The summed E-state index contributed by atoms with van der Waals surface area (Å²) in [5.41, 5.74) is 0.978. The average Bonchev–Trinajstić information content (AvgIpc) is 3.44. The molecule has 0 saturated carbocycles. The number of esters is 1. The van der Waals surface area contributed by atoms with Crippen molar-refractivity contribution in [2.24, 2.45) is 17.8 Å². The maximum atomic E-state index is 14.5. The molecule has 200 valence electrons. The Balaban J connectivity index is 1.79. The van der Waals surface area contributed by atoms with Crippen molar-refractivity contribution in [1.29, 1.82) is 0 Å². The smallest absolute Gasteiger partial charge is 0.311 e. The molecule has 3 aliphatic heterocycles. The summed E-state index contributed by atoms with van der Waals surface area (Å²) in [5, 5.41) is 10.4. The van der Waals surface area contributed by atoms with E-state index in [2.05, 4.69) is 13.2 Å². The summed E-state index contributed by atoms with van der Waals surface area (Å²) in [6.07, 6.45) is 4.56. The van der Waals surface area contributed by atoms with Crippen molar-refractivity contribution in [3.8, 4) is 0 Å². The van der Waals surface area contributed by atoms with Crippen LogP contribution in [0.4, 0.5) is 0 Å². The Labute approximate surface area is 223 Å². The van der Waals surface area contributed by atoms with Crippen LogP contribution in [0.5, 0.6) is 0 Å². The quantitative estimate of drug-likeness (QED) is 0.351. The molecule has 7 nitrogen and oxygen atoms in total. The Morgan fingerprint density at radius 2 is 1.95 bits per heavy atom. The third-order valence-corrected chi connectivity index (χ3v) is 10.2. The Morgan fingerprint density at radius 3 is 2.54 bits per heavy atom. The first kappa shape index (κ1) is 27.5. The Morgan fingerprint density at radius 1 is 1.24 bits per heavy atom. The lowest BCUT2D eigenvalue weighted by atomic mass is 9.66. The van der Waals surface area contributed by atoms with Gasteiger partial charge >= 0.3 is 5.97 Å². The highest BCUT2D eigenvalue weighted by molar-refractivity contribution is 8.02. The molecule has 3 aliphatic rings. The number of carbonyl (C=O) groups excluding carboxylic acids is 3. The number of carbonyl (C=O) groups is 3. The molecule has 3 saturated heterocycles. The van der Waals surface area contributed by atoms with Crippen LogP contribution in [0.25, 0.3) is 0 Å². The fourth-order valence-corrected chi connectivity index (χ4v) is 8.90. The summed E-state index contributed by atoms with van der Waals surface area (Å²) in [7, 11) is 0. The predicted molar refractivity (Wildman–Crippen MR) is 144 cm³/mol. The van der Waals surface area contributed by atoms with Crippen LogP contribution in [0.1, 0.15) is 39.2 Å². The molecule has 3 fully saturated rings. The number of benzene rings is 1. The van der Waals surface area contributed by atoms with Gasteiger partial charge in [-0.25, -0.2) is 0 Å². The summed E-state index contributed by atoms with van der Waals surface area (Å²) >= 11 is 1.60. The molecule has 2 bridgehead atoms. The molecule has 2 unspecified atom stereocenters. The maximum Gasteiger partial charge on any atom is 0.311 e. The van der Waals surface area contributed by atoms with E-state index in [1.807, 2.05) is 51.1 Å². The normalized spacial score (nSPS) is 30.8. The van der Waals surface area contributed by atoms with Crippen LogP contribution < -0.4 is 0 Å². The fourth-order valence-electron chi connectivity index (χ4n) is 6.57. The van der Waals surface area contributed by atoms with Gasteiger partial charge in [-0.1, -0.05) is 62.9 Å². The van der Waals surface area contributed by atoms with Crippen LogP contribution in [0.15, 0.2) is 55.6 Å². The standard InChI is InChI=1S/C29H38N2O5S/c1-6-15-30(17-20-11-9-8-10-12-20)26(34)24-29-14-13-28(5,37-29)23(27(35)36-16-7-2)22(29)25(33)31(24)21(18-32)19(3)4/h6-12,19,21-24,32H,1-2,13-18H2,3-5H3/t21-,22-,23-,24?,28+,29?/m0/s1. The van der Waals surface area contributed by atoms with E-state index >= 15 is 0 Å². The van der Waals surface area contributed by atoms with Crippen molar-refractivity contribution in [3.05, 3.63) is 61.2 Å². The van der Waals surface area contributed by atoms with Gasteiger partial charge in [0.05, 0.1) is 29.2 Å². The van der Waals surface area contributed by atoms with Gasteiger partial charge in [0, 0.05) is 17.8 Å². The van der Waals surface area contributed by atoms with Gasteiger partial charge in [0.2, 0.25) is 11.8 Å². The van der Waals surface area contributed by atoms with Gasteiger partial charge in [0.25, 0.3) is 0 Å². The second-order valence-electron chi connectivity index (χ2n) is 10.9. The summed E-state index contributed by atoms with van der Waals surface area (Å²) in [6.45, 7) is 13.9. The van der Waals surface area contributed by atoms with Gasteiger partial charge < -0.3 is 19.6 Å². The summed E-state index contributed by atoms with van der Waals surface area (Å²) in [5.74, 6) is -2.24. The van der Waals surface area contributed by atoms with Gasteiger partial charge in [-0.2, -0.15) is 0 Å². The molecule has 4 rings (SSSR count). The number of likely N-dealkylation sites (tertiary alicyclic amines) is 1. The monoisotopic (exact) mass is 526 g/mol. The topological polar surface area (TPSA) is 87.1 Å². The number of aliphatic hydroxyl groups excluding tert-OH is 1. The number of fused-ring (bicyclic) bond motifs is 1. The zero-order chi connectivity index (χ0) is 27.0. The van der Waals surface area contributed by atoms with E-state index in [0.29, 0.717) is 25.9 Å². The van der Waals surface area contributed by atoms with Gasteiger partial charge in [-0.05, 0) is 31.2 Å².